The molecule has 0 aliphatic carbocycles. The van der Waals surface area contributed by atoms with E-state index in [4.69, 9.17) is 0 Å². The molecule has 3 nitrogen and oxygen atoms in total. The van der Waals surface area contributed by atoms with E-state index in [1.807, 2.05) is 26.0 Å². The maximum atomic E-state index is 11.9. The molecule has 0 saturated carbocycles. The summed E-state index contributed by atoms with van der Waals surface area (Å²) in [7, 11) is 0. The summed E-state index contributed by atoms with van der Waals surface area (Å²) in [4.78, 5) is 28.1. The van der Waals surface area contributed by atoms with Gasteiger partial charge in [0.05, 0.1) is 0 Å². The van der Waals surface area contributed by atoms with Crippen molar-refractivity contribution in [1.82, 2.24) is 4.98 Å². The van der Waals surface area contributed by atoms with E-state index in [1.54, 1.807) is 13.8 Å². The third-order valence-corrected chi connectivity index (χ3v) is 2.78. The molecular weight excluding hydrogens is 214 g/mol. The van der Waals surface area contributed by atoms with E-state index < -0.39 is 5.92 Å². The van der Waals surface area contributed by atoms with E-state index in [0.29, 0.717) is 12.8 Å². The molecule has 0 spiro atoms. The topological polar surface area (TPSA) is 47.0 Å². The molecular formula is C14H19NO2. The molecule has 0 aliphatic heterocycles. The number of nitrogens with zero attached hydrogens (tertiary/aromatic N) is 1. The molecule has 92 valence electrons. The summed E-state index contributed by atoms with van der Waals surface area (Å²) in [6, 6.07) is 3.66. The van der Waals surface area contributed by atoms with Gasteiger partial charge in [0, 0.05) is 24.2 Å². The van der Waals surface area contributed by atoms with Gasteiger partial charge in [-0.3, -0.25) is 14.6 Å². The summed E-state index contributed by atoms with van der Waals surface area (Å²) in [5, 5.41) is 0. The van der Waals surface area contributed by atoms with E-state index in [2.05, 4.69) is 4.98 Å². The van der Waals surface area contributed by atoms with Crippen LogP contribution in [0.5, 0.6) is 0 Å². The molecule has 0 atom stereocenters. The fourth-order valence-corrected chi connectivity index (χ4v) is 1.99. The fraction of sp³-hybridized carbons (Fsp3) is 0.500. The number of ketones is 2. The summed E-state index contributed by atoms with van der Waals surface area (Å²) in [5.41, 5.74) is 2.48. The summed E-state index contributed by atoms with van der Waals surface area (Å²) < 4.78 is 0. The highest BCUT2D eigenvalue weighted by Gasteiger charge is 2.25. The number of hydrogen-bond donors (Lipinski definition) is 0. The summed E-state index contributed by atoms with van der Waals surface area (Å²) in [6.45, 7) is 7.33. The number of rotatable bonds is 5. The number of carbonyl (C=O) groups excluding carboxylic acids is 2. The Balaban J connectivity index is 3.21. The third kappa shape index (κ3) is 3.22. The molecule has 0 N–H and O–H groups in total. The first-order valence-electron chi connectivity index (χ1n) is 6.00. The minimum Gasteiger partial charge on any atom is -0.299 e. The molecule has 1 aromatic rings. The molecule has 0 amide bonds. The minimum atomic E-state index is -0.606. The van der Waals surface area contributed by atoms with Crippen LogP contribution >= 0.6 is 0 Å². The van der Waals surface area contributed by atoms with Crippen LogP contribution in [0.25, 0.3) is 0 Å². The lowest BCUT2D eigenvalue weighted by atomic mass is 9.88. The van der Waals surface area contributed by atoms with Crippen LogP contribution < -0.4 is 0 Å². The molecule has 0 aromatic carbocycles. The minimum absolute atomic E-state index is 0.0122. The van der Waals surface area contributed by atoms with Gasteiger partial charge in [0.25, 0.3) is 0 Å². The molecule has 0 radical (unpaired) electrons. The van der Waals surface area contributed by atoms with Crippen LogP contribution in [0.15, 0.2) is 12.1 Å². The lowest BCUT2D eigenvalue weighted by molar-refractivity contribution is -0.128. The van der Waals surface area contributed by atoms with Crippen LogP contribution in [0, 0.1) is 13.8 Å². The van der Waals surface area contributed by atoms with Gasteiger partial charge < -0.3 is 0 Å². The number of carbonyl (C=O) groups is 2. The van der Waals surface area contributed by atoms with E-state index in [0.717, 1.165) is 17.0 Å². The van der Waals surface area contributed by atoms with Crippen molar-refractivity contribution in [2.75, 3.05) is 0 Å². The zero-order valence-corrected chi connectivity index (χ0v) is 10.9. The van der Waals surface area contributed by atoms with Gasteiger partial charge in [-0.25, -0.2) is 0 Å². The maximum Gasteiger partial charge on any atom is 0.147 e. The van der Waals surface area contributed by atoms with Crippen molar-refractivity contribution in [3.05, 3.63) is 29.1 Å². The Morgan fingerprint density at radius 3 is 1.82 bits per heavy atom. The highest BCUT2D eigenvalue weighted by atomic mass is 16.1. The van der Waals surface area contributed by atoms with Crippen LogP contribution in [0.4, 0.5) is 0 Å². The van der Waals surface area contributed by atoms with E-state index in [9.17, 15) is 9.59 Å². The zero-order valence-electron chi connectivity index (χ0n) is 10.9. The second kappa shape index (κ2) is 5.71. The first kappa shape index (κ1) is 13.6. The molecule has 0 aliphatic rings. The Morgan fingerprint density at radius 1 is 1.06 bits per heavy atom. The van der Waals surface area contributed by atoms with Crippen molar-refractivity contribution in [3.63, 3.8) is 0 Å². The predicted molar refractivity (Wildman–Crippen MR) is 67.0 cm³/mol. The summed E-state index contributed by atoms with van der Waals surface area (Å²) in [5.74, 6) is -0.630. The third-order valence-electron chi connectivity index (χ3n) is 2.78. The van der Waals surface area contributed by atoms with Crippen LogP contribution in [0.1, 0.15) is 49.6 Å². The van der Waals surface area contributed by atoms with Crippen molar-refractivity contribution in [1.29, 1.82) is 0 Å². The number of Topliss-reactive ketones (excluding diaryl/α,β-unsaturated/α-hetero) is 2. The Labute approximate surface area is 102 Å². The standard InChI is InChI=1S/C14H19NO2/c1-5-12(16)14(13(17)6-2)11-7-9(3)15-10(4)8-11/h7-8,14H,5-6H2,1-4H3. The molecule has 0 saturated heterocycles. The van der Waals surface area contributed by atoms with Crippen LogP contribution in [-0.2, 0) is 9.59 Å². The second-order valence-corrected chi connectivity index (χ2v) is 4.26. The summed E-state index contributed by atoms with van der Waals surface area (Å²) >= 11 is 0. The highest BCUT2D eigenvalue weighted by molar-refractivity contribution is 6.07. The molecule has 1 aromatic heterocycles. The van der Waals surface area contributed by atoms with E-state index in [1.165, 1.54) is 0 Å². The quantitative estimate of drug-likeness (QED) is 0.735. The Morgan fingerprint density at radius 2 is 1.47 bits per heavy atom. The molecule has 0 unspecified atom stereocenters. The van der Waals surface area contributed by atoms with Gasteiger partial charge in [0.1, 0.15) is 17.5 Å². The lowest BCUT2D eigenvalue weighted by Crippen LogP contribution is -2.21. The van der Waals surface area contributed by atoms with Gasteiger partial charge in [-0.1, -0.05) is 13.8 Å². The van der Waals surface area contributed by atoms with Crippen molar-refractivity contribution in [2.45, 2.75) is 46.5 Å². The second-order valence-electron chi connectivity index (χ2n) is 4.26. The SMILES string of the molecule is CCC(=O)C(C(=O)CC)c1cc(C)nc(C)c1. The first-order valence-corrected chi connectivity index (χ1v) is 6.00. The Kier molecular flexibility index (Phi) is 4.55. The lowest BCUT2D eigenvalue weighted by Gasteiger charge is -2.14. The van der Waals surface area contributed by atoms with Crippen molar-refractivity contribution in [3.8, 4) is 0 Å². The number of aromatic nitrogens is 1. The molecule has 17 heavy (non-hydrogen) atoms. The van der Waals surface area contributed by atoms with Gasteiger partial charge in [-0.2, -0.15) is 0 Å². The van der Waals surface area contributed by atoms with Crippen LogP contribution in [0.2, 0.25) is 0 Å². The van der Waals surface area contributed by atoms with E-state index >= 15 is 0 Å². The van der Waals surface area contributed by atoms with Gasteiger partial charge in [0.2, 0.25) is 0 Å². The molecule has 1 rings (SSSR count). The largest absolute Gasteiger partial charge is 0.299 e. The first-order chi connectivity index (χ1) is 7.99. The molecule has 0 fully saturated rings. The number of hydrogen-bond acceptors (Lipinski definition) is 3. The van der Waals surface area contributed by atoms with Gasteiger partial charge in [-0.05, 0) is 31.5 Å². The van der Waals surface area contributed by atoms with Crippen molar-refractivity contribution < 1.29 is 9.59 Å². The Hall–Kier alpha value is -1.51. The fourth-order valence-electron chi connectivity index (χ4n) is 1.99. The average molecular weight is 233 g/mol. The molecule has 3 heteroatoms. The molecule has 1 heterocycles. The molecule has 0 bridgehead atoms. The van der Waals surface area contributed by atoms with Gasteiger partial charge in [-0.15, -0.1) is 0 Å². The number of aryl methyl sites for hydroxylation is 2. The van der Waals surface area contributed by atoms with Crippen LogP contribution in [0.3, 0.4) is 0 Å². The Bertz CT molecular complexity index is 402. The smallest absolute Gasteiger partial charge is 0.147 e. The van der Waals surface area contributed by atoms with Gasteiger partial charge in [0.15, 0.2) is 0 Å². The van der Waals surface area contributed by atoms with Crippen LogP contribution in [-0.4, -0.2) is 16.6 Å². The number of pyridine rings is 1. The maximum absolute atomic E-state index is 11.9. The zero-order chi connectivity index (χ0) is 13.0. The van der Waals surface area contributed by atoms with E-state index in [-0.39, 0.29) is 11.6 Å². The predicted octanol–water partition coefficient (Wildman–Crippen LogP) is 2.74. The van der Waals surface area contributed by atoms with Gasteiger partial charge >= 0.3 is 0 Å². The van der Waals surface area contributed by atoms with Crippen molar-refractivity contribution >= 4 is 11.6 Å². The highest BCUT2D eigenvalue weighted by Crippen LogP contribution is 2.22. The monoisotopic (exact) mass is 233 g/mol. The normalized spacial score (nSPS) is 10.6. The summed E-state index contributed by atoms with van der Waals surface area (Å²) in [6.07, 6.45) is 0.771. The van der Waals surface area contributed by atoms with Crippen molar-refractivity contribution in [2.24, 2.45) is 0 Å². The average Bonchev–Trinajstić information content (AvgIpc) is 2.27.